The molecule has 0 radical (unpaired) electrons. The lowest BCUT2D eigenvalue weighted by Gasteiger charge is -2.20. The molecule has 0 spiro atoms. The van der Waals surface area contributed by atoms with Gasteiger partial charge in [-0.25, -0.2) is 9.59 Å². The standard InChI is InChI=1S/C23H18BrNO5/c1-3-25(4-2)16-7-5-13-10-17(23(28)30-20(13)12-16)21(26)18-11-14-9-15(24)6-8-19(14)29-22(18)27/h5-12H,3-4H2,1-2H3. The van der Waals surface area contributed by atoms with Crippen LogP contribution in [0.15, 0.2) is 71.4 Å². The maximum atomic E-state index is 13.0. The van der Waals surface area contributed by atoms with Crippen molar-refractivity contribution in [3.8, 4) is 0 Å². The van der Waals surface area contributed by atoms with Crippen molar-refractivity contribution in [3.63, 3.8) is 0 Å². The molecule has 2 aromatic heterocycles. The first-order valence-electron chi connectivity index (χ1n) is 9.52. The summed E-state index contributed by atoms with van der Waals surface area (Å²) in [6.45, 7) is 5.71. The summed E-state index contributed by atoms with van der Waals surface area (Å²) >= 11 is 3.35. The number of halogens is 1. The number of nitrogens with zero attached hydrogens (tertiary/aromatic N) is 1. The van der Waals surface area contributed by atoms with Crippen LogP contribution in [0.2, 0.25) is 0 Å². The molecule has 30 heavy (non-hydrogen) atoms. The highest BCUT2D eigenvalue weighted by Crippen LogP contribution is 2.23. The second-order valence-electron chi connectivity index (χ2n) is 6.80. The monoisotopic (exact) mass is 467 g/mol. The van der Waals surface area contributed by atoms with Crippen molar-refractivity contribution >= 4 is 49.3 Å². The minimum Gasteiger partial charge on any atom is -0.422 e. The Labute approximate surface area is 179 Å². The molecular weight excluding hydrogens is 450 g/mol. The number of anilines is 1. The first-order valence-corrected chi connectivity index (χ1v) is 10.3. The summed E-state index contributed by atoms with van der Waals surface area (Å²) in [6, 6.07) is 13.5. The van der Waals surface area contributed by atoms with Crippen molar-refractivity contribution in [2.75, 3.05) is 18.0 Å². The molecule has 0 bridgehead atoms. The van der Waals surface area contributed by atoms with E-state index < -0.39 is 17.0 Å². The molecule has 0 amide bonds. The van der Waals surface area contributed by atoms with Crippen molar-refractivity contribution in [1.82, 2.24) is 0 Å². The highest BCUT2D eigenvalue weighted by atomic mass is 79.9. The maximum absolute atomic E-state index is 13.0. The zero-order valence-electron chi connectivity index (χ0n) is 16.4. The van der Waals surface area contributed by atoms with E-state index in [4.69, 9.17) is 8.83 Å². The fraction of sp³-hybridized carbons (Fsp3) is 0.174. The average molecular weight is 468 g/mol. The van der Waals surface area contributed by atoms with Crippen LogP contribution in [0.1, 0.15) is 29.8 Å². The van der Waals surface area contributed by atoms with E-state index in [1.54, 1.807) is 30.3 Å². The molecule has 4 aromatic rings. The predicted octanol–water partition coefficient (Wildman–Crippen LogP) is 4.74. The lowest BCUT2D eigenvalue weighted by molar-refractivity contribution is 0.103. The molecule has 0 saturated carbocycles. The molecule has 6 nitrogen and oxygen atoms in total. The van der Waals surface area contributed by atoms with Crippen LogP contribution in [0.25, 0.3) is 21.9 Å². The molecule has 7 heteroatoms. The molecule has 0 aliphatic rings. The van der Waals surface area contributed by atoms with Crippen LogP contribution in [0.3, 0.4) is 0 Å². The van der Waals surface area contributed by atoms with Crippen LogP contribution < -0.4 is 16.2 Å². The fourth-order valence-corrected chi connectivity index (χ4v) is 3.82. The molecule has 0 atom stereocenters. The summed E-state index contributed by atoms with van der Waals surface area (Å²) in [5.41, 5.74) is -0.351. The Kier molecular flexibility index (Phi) is 5.30. The SMILES string of the molecule is CCN(CC)c1ccc2cc(C(=O)c3cc4cc(Br)ccc4oc3=O)c(=O)oc2c1. The zero-order valence-corrected chi connectivity index (χ0v) is 18.0. The van der Waals surface area contributed by atoms with E-state index in [0.29, 0.717) is 21.9 Å². The van der Waals surface area contributed by atoms with Crippen LogP contribution in [-0.2, 0) is 0 Å². The number of rotatable bonds is 5. The fourth-order valence-electron chi connectivity index (χ4n) is 3.44. The summed E-state index contributed by atoms with van der Waals surface area (Å²) < 4.78 is 11.4. The van der Waals surface area contributed by atoms with Gasteiger partial charge in [0, 0.05) is 40.1 Å². The lowest BCUT2D eigenvalue weighted by atomic mass is 10.0. The zero-order chi connectivity index (χ0) is 21.4. The molecule has 0 unspecified atom stereocenters. The number of hydrogen-bond donors (Lipinski definition) is 0. The highest BCUT2D eigenvalue weighted by Gasteiger charge is 2.21. The predicted molar refractivity (Wildman–Crippen MR) is 120 cm³/mol. The molecule has 0 aliphatic heterocycles. The van der Waals surface area contributed by atoms with Gasteiger partial charge in [0.2, 0.25) is 5.78 Å². The van der Waals surface area contributed by atoms with Gasteiger partial charge >= 0.3 is 11.3 Å². The Hall–Kier alpha value is -3.19. The van der Waals surface area contributed by atoms with Crippen LogP contribution in [0, 0.1) is 0 Å². The summed E-state index contributed by atoms with van der Waals surface area (Å²) in [4.78, 5) is 40.0. The van der Waals surface area contributed by atoms with Crippen LogP contribution in [-0.4, -0.2) is 18.9 Å². The molecule has 4 rings (SSSR count). The van der Waals surface area contributed by atoms with Gasteiger partial charge in [-0.15, -0.1) is 0 Å². The molecule has 0 fully saturated rings. The second-order valence-corrected chi connectivity index (χ2v) is 7.72. The van der Waals surface area contributed by atoms with E-state index in [-0.39, 0.29) is 11.1 Å². The second kappa shape index (κ2) is 7.91. The molecule has 0 saturated heterocycles. The molecule has 152 valence electrons. The van der Waals surface area contributed by atoms with E-state index in [9.17, 15) is 14.4 Å². The van der Waals surface area contributed by atoms with Crippen LogP contribution in [0.4, 0.5) is 5.69 Å². The van der Waals surface area contributed by atoms with Crippen LogP contribution >= 0.6 is 15.9 Å². The van der Waals surface area contributed by atoms with E-state index in [1.807, 2.05) is 19.9 Å². The van der Waals surface area contributed by atoms with Crippen molar-refractivity contribution < 1.29 is 13.6 Å². The van der Waals surface area contributed by atoms with Crippen molar-refractivity contribution in [1.29, 1.82) is 0 Å². The van der Waals surface area contributed by atoms with E-state index in [2.05, 4.69) is 20.8 Å². The third-order valence-corrected chi connectivity index (χ3v) is 5.52. The first kappa shape index (κ1) is 20.1. The number of ketones is 1. The minimum absolute atomic E-state index is 0.209. The highest BCUT2D eigenvalue weighted by molar-refractivity contribution is 9.10. The average Bonchev–Trinajstić information content (AvgIpc) is 2.73. The van der Waals surface area contributed by atoms with Gasteiger partial charge in [0.05, 0.1) is 0 Å². The number of carbonyl (C=O) groups excluding carboxylic acids is 1. The largest absolute Gasteiger partial charge is 0.422 e. The van der Waals surface area contributed by atoms with Gasteiger partial charge in [-0.2, -0.15) is 0 Å². The van der Waals surface area contributed by atoms with Gasteiger partial charge in [0.25, 0.3) is 0 Å². The van der Waals surface area contributed by atoms with E-state index in [0.717, 1.165) is 23.2 Å². The van der Waals surface area contributed by atoms with Crippen molar-refractivity contribution in [2.24, 2.45) is 0 Å². The third kappa shape index (κ3) is 3.57. The molecular formula is C23H18BrNO5. The lowest BCUT2D eigenvalue weighted by Crippen LogP contribution is -2.22. The summed E-state index contributed by atoms with van der Waals surface area (Å²) in [5, 5.41) is 1.17. The van der Waals surface area contributed by atoms with Crippen LogP contribution in [0.5, 0.6) is 0 Å². The van der Waals surface area contributed by atoms with Gasteiger partial charge in [-0.1, -0.05) is 15.9 Å². The van der Waals surface area contributed by atoms with Gasteiger partial charge in [0.1, 0.15) is 22.3 Å². The molecule has 2 heterocycles. The summed E-state index contributed by atoms with van der Waals surface area (Å²) in [5.74, 6) is -0.728. The van der Waals surface area contributed by atoms with Gasteiger partial charge in [-0.3, -0.25) is 4.79 Å². The minimum atomic E-state index is -0.800. The van der Waals surface area contributed by atoms with Gasteiger partial charge in [-0.05, 0) is 56.3 Å². The molecule has 0 aliphatic carbocycles. The first-order chi connectivity index (χ1) is 14.4. The summed E-state index contributed by atoms with van der Waals surface area (Å²) in [6.07, 6.45) is 0. The molecule has 2 aromatic carbocycles. The van der Waals surface area contributed by atoms with E-state index in [1.165, 1.54) is 12.1 Å². The quantitative estimate of drug-likeness (QED) is 0.311. The maximum Gasteiger partial charge on any atom is 0.347 e. The number of carbonyl (C=O) groups is 1. The number of fused-ring (bicyclic) bond motifs is 2. The van der Waals surface area contributed by atoms with Gasteiger partial charge < -0.3 is 13.7 Å². The number of benzene rings is 2. The van der Waals surface area contributed by atoms with Gasteiger partial charge in [0.15, 0.2) is 0 Å². The Morgan fingerprint density at radius 3 is 2.13 bits per heavy atom. The van der Waals surface area contributed by atoms with Crippen molar-refractivity contribution in [2.45, 2.75) is 13.8 Å². The number of hydrogen-bond acceptors (Lipinski definition) is 6. The Bertz CT molecular complexity index is 1400. The Morgan fingerprint density at radius 2 is 1.47 bits per heavy atom. The van der Waals surface area contributed by atoms with Crippen molar-refractivity contribution in [3.05, 3.63) is 85.0 Å². The topological polar surface area (TPSA) is 80.7 Å². The summed E-state index contributed by atoms with van der Waals surface area (Å²) in [7, 11) is 0. The Balaban J connectivity index is 1.82. The Morgan fingerprint density at radius 1 is 0.833 bits per heavy atom. The smallest absolute Gasteiger partial charge is 0.347 e. The molecule has 0 N–H and O–H groups in total. The van der Waals surface area contributed by atoms with E-state index >= 15 is 0 Å². The normalized spacial score (nSPS) is 11.2. The third-order valence-electron chi connectivity index (χ3n) is 5.03.